The molecule has 1 spiro atoms. The summed E-state index contributed by atoms with van der Waals surface area (Å²) in [7, 11) is 1.50. The van der Waals surface area contributed by atoms with Crippen molar-refractivity contribution in [3.8, 4) is 17.2 Å². The Kier molecular flexibility index (Phi) is 4.36. The SMILES string of the molecule is CO[C@]12C=C3C(=O)c4c(O)cc5c(c4O[C@]34[C@H](C1)C(C)(C)O[C@]4(CC=C(C)C)C2=O)C(C)(C)[C@H](C)O5. The fourth-order valence-corrected chi connectivity index (χ4v) is 7.37. The summed E-state index contributed by atoms with van der Waals surface area (Å²) in [5.41, 5.74) is -3.17. The predicted molar refractivity (Wildman–Crippen MR) is 132 cm³/mol. The number of methoxy groups -OCH3 is 1. The molecule has 3 heterocycles. The van der Waals surface area contributed by atoms with Gasteiger partial charge < -0.3 is 24.1 Å². The fraction of sp³-hybridized carbons (Fsp3) is 0.586. The van der Waals surface area contributed by atoms with E-state index in [0.717, 1.165) is 11.1 Å². The molecule has 2 fully saturated rings. The molecule has 7 heteroatoms. The maximum absolute atomic E-state index is 14.4. The Balaban J connectivity index is 1.71. The number of ether oxygens (including phenoxy) is 4. The van der Waals surface area contributed by atoms with Gasteiger partial charge >= 0.3 is 0 Å². The lowest BCUT2D eigenvalue weighted by Gasteiger charge is -2.59. The van der Waals surface area contributed by atoms with E-state index in [9.17, 15) is 14.7 Å². The molecule has 0 unspecified atom stereocenters. The Labute approximate surface area is 211 Å². The number of ketones is 2. The number of carbonyl (C=O) groups is 2. The van der Waals surface area contributed by atoms with Gasteiger partial charge in [0, 0.05) is 42.1 Å². The van der Waals surface area contributed by atoms with Crippen LogP contribution in [0.25, 0.3) is 0 Å². The highest BCUT2D eigenvalue weighted by Crippen LogP contribution is 2.70. The van der Waals surface area contributed by atoms with Crippen molar-refractivity contribution >= 4 is 11.6 Å². The molecule has 7 rings (SSSR count). The monoisotopic (exact) mass is 494 g/mol. The number of rotatable bonds is 3. The Morgan fingerprint density at radius 3 is 2.56 bits per heavy atom. The van der Waals surface area contributed by atoms with Gasteiger partial charge in [0.2, 0.25) is 5.78 Å². The zero-order chi connectivity index (χ0) is 26.2. The second-order valence-electron chi connectivity index (χ2n) is 12.4. The number of Topliss-reactive ketones (excluding diaryl/α,β-unsaturated/α-hetero) is 2. The average Bonchev–Trinajstić information content (AvgIpc) is 3.10. The number of allylic oxidation sites excluding steroid dienone is 1. The minimum atomic E-state index is -1.46. The van der Waals surface area contributed by atoms with Gasteiger partial charge in [0.05, 0.1) is 5.60 Å². The van der Waals surface area contributed by atoms with E-state index in [1.165, 1.54) is 13.2 Å². The van der Waals surface area contributed by atoms with Crippen LogP contribution in [-0.2, 0) is 19.7 Å². The zero-order valence-corrected chi connectivity index (χ0v) is 22.2. The highest BCUT2D eigenvalue weighted by molar-refractivity contribution is 6.19. The third-order valence-electron chi connectivity index (χ3n) is 9.49. The lowest BCUT2D eigenvalue weighted by atomic mass is 9.49. The number of hydrogen-bond acceptors (Lipinski definition) is 7. The second-order valence-corrected chi connectivity index (χ2v) is 12.4. The van der Waals surface area contributed by atoms with Gasteiger partial charge in [-0.05, 0) is 47.1 Å². The number of hydrogen-bond donors (Lipinski definition) is 1. The van der Waals surface area contributed by atoms with Gasteiger partial charge in [-0.1, -0.05) is 25.5 Å². The summed E-state index contributed by atoms with van der Waals surface area (Å²) in [5.74, 6) is -0.319. The maximum atomic E-state index is 14.4. The maximum Gasteiger partial charge on any atom is 0.205 e. The van der Waals surface area contributed by atoms with Crippen molar-refractivity contribution in [1.29, 1.82) is 0 Å². The van der Waals surface area contributed by atoms with Gasteiger partial charge in [0.1, 0.15) is 34.5 Å². The topological polar surface area (TPSA) is 91.3 Å². The first kappa shape index (κ1) is 23.7. The van der Waals surface area contributed by atoms with Crippen LogP contribution in [-0.4, -0.2) is 52.3 Å². The summed E-state index contributed by atoms with van der Waals surface area (Å²) >= 11 is 0. The molecule has 1 aromatic carbocycles. The quantitative estimate of drug-likeness (QED) is 0.615. The average molecular weight is 495 g/mol. The number of aromatic hydroxyl groups is 1. The smallest absolute Gasteiger partial charge is 0.205 e. The van der Waals surface area contributed by atoms with E-state index in [1.54, 1.807) is 6.08 Å². The van der Waals surface area contributed by atoms with Gasteiger partial charge in [-0.3, -0.25) is 9.59 Å². The number of fused-ring (bicyclic) bond motifs is 3. The Morgan fingerprint density at radius 2 is 1.92 bits per heavy atom. The highest BCUT2D eigenvalue weighted by Gasteiger charge is 2.84. The molecule has 1 saturated carbocycles. The van der Waals surface area contributed by atoms with E-state index in [0.29, 0.717) is 23.5 Å². The van der Waals surface area contributed by atoms with E-state index in [4.69, 9.17) is 18.9 Å². The molecule has 1 N–H and O–H groups in total. The van der Waals surface area contributed by atoms with Crippen LogP contribution in [0.4, 0.5) is 0 Å². The summed E-state index contributed by atoms with van der Waals surface area (Å²) in [6.07, 6.45) is 4.00. The molecule has 4 bridgehead atoms. The first-order chi connectivity index (χ1) is 16.7. The van der Waals surface area contributed by atoms with Crippen molar-refractivity contribution in [1.82, 2.24) is 0 Å². The van der Waals surface area contributed by atoms with E-state index in [1.807, 2.05) is 54.5 Å². The zero-order valence-electron chi connectivity index (χ0n) is 22.2. The molecule has 192 valence electrons. The van der Waals surface area contributed by atoms with Gasteiger partial charge in [-0.15, -0.1) is 0 Å². The summed E-state index contributed by atoms with van der Waals surface area (Å²) < 4.78 is 25.8. The molecule has 6 aliphatic rings. The van der Waals surface area contributed by atoms with E-state index in [2.05, 4.69) is 0 Å². The number of phenols is 1. The first-order valence-corrected chi connectivity index (χ1v) is 12.7. The largest absolute Gasteiger partial charge is 0.507 e. The molecule has 3 aliphatic carbocycles. The van der Waals surface area contributed by atoms with Crippen LogP contribution in [0.2, 0.25) is 0 Å². The summed E-state index contributed by atoms with van der Waals surface area (Å²) in [6.45, 7) is 13.9. The van der Waals surface area contributed by atoms with Crippen LogP contribution in [0, 0.1) is 5.92 Å². The van der Waals surface area contributed by atoms with Crippen LogP contribution in [0.1, 0.15) is 77.2 Å². The Hall–Kier alpha value is -2.64. The van der Waals surface area contributed by atoms with Gasteiger partial charge in [0.15, 0.2) is 17.0 Å². The second kappa shape index (κ2) is 6.62. The first-order valence-electron chi connectivity index (χ1n) is 12.7. The molecule has 0 amide bonds. The molecule has 1 saturated heterocycles. The highest BCUT2D eigenvalue weighted by atomic mass is 16.6. The molecule has 7 nitrogen and oxygen atoms in total. The molecule has 3 aliphatic heterocycles. The number of carbonyl (C=O) groups excluding carboxylic acids is 2. The normalized spacial score (nSPS) is 37.9. The molecule has 0 aromatic heterocycles. The fourth-order valence-electron chi connectivity index (χ4n) is 7.37. The molecular weight excluding hydrogens is 460 g/mol. The summed E-state index contributed by atoms with van der Waals surface area (Å²) in [4.78, 5) is 28.7. The van der Waals surface area contributed by atoms with E-state index < -0.39 is 27.8 Å². The molecule has 5 atom stereocenters. The van der Waals surface area contributed by atoms with Crippen molar-refractivity contribution in [2.45, 2.75) is 95.2 Å². The van der Waals surface area contributed by atoms with Crippen molar-refractivity contribution < 1.29 is 33.6 Å². The minimum absolute atomic E-state index is 0.109. The van der Waals surface area contributed by atoms with Gasteiger partial charge in [-0.25, -0.2) is 0 Å². The number of benzene rings is 1. The van der Waals surface area contributed by atoms with Crippen molar-refractivity contribution in [3.05, 3.63) is 40.5 Å². The van der Waals surface area contributed by atoms with Crippen LogP contribution >= 0.6 is 0 Å². The van der Waals surface area contributed by atoms with Gasteiger partial charge in [-0.2, -0.15) is 0 Å². The van der Waals surface area contributed by atoms with Crippen molar-refractivity contribution in [2.24, 2.45) is 5.92 Å². The molecule has 1 aromatic rings. The van der Waals surface area contributed by atoms with Crippen LogP contribution in [0.15, 0.2) is 29.4 Å². The van der Waals surface area contributed by atoms with Crippen molar-refractivity contribution in [2.75, 3.05) is 7.11 Å². The van der Waals surface area contributed by atoms with E-state index >= 15 is 0 Å². The lowest BCUT2D eigenvalue weighted by molar-refractivity contribution is -0.190. The van der Waals surface area contributed by atoms with Crippen LogP contribution < -0.4 is 9.47 Å². The predicted octanol–water partition coefficient (Wildman–Crippen LogP) is 4.58. The Morgan fingerprint density at radius 1 is 1.22 bits per heavy atom. The lowest BCUT2D eigenvalue weighted by Crippen LogP contribution is -2.77. The summed E-state index contributed by atoms with van der Waals surface area (Å²) in [5, 5.41) is 11.0. The third-order valence-corrected chi connectivity index (χ3v) is 9.49. The van der Waals surface area contributed by atoms with Crippen LogP contribution in [0.5, 0.6) is 17.2 Å². The van der Waals surface area contributed by atoms with Crippen LogP contribution in [0.3, 0.4) is 0 Å². The molecule has 0 radical (unpaired) electrons. The molecule has 36 heavy (non-hydrogen) atoms. The standard InChI is InChI=1S/C29H34O7/c1-14(2)9-10-28-24(32)27(33-8)12-16-22(31)20-17(30)11-18-21(25(4,5)15(3)34-18)23(20)35-29(16,28)19(13-27)26(6,7)36-28/h9,11-12,15,19,30H,10,13H2,1-8H3/t15-,19+,27+,28+,29-/m0/s1. The summed E-state index contributed by atoms with van der Waals surface area (Å²) in [6, 6.07) is 1.51. The minimum Gasteiger partial charge on any atom is -0.507 e. The van der Waals surface area contributed by atoms with Gasteiger partial charge in [0.25, 0.3) is 0 Å². The molecular formula is C29H34O7. The van der Waals surface area contributed by atoms with Crippen molar-refractivity contribution in [3.63, 3.8) is 0 Å². The number of phenolic OH excluding ortho intramolecular Hbond substituents is 1. The van der Waals surface area contributed by atoms with E-state index in [-0.39, 0.29) is 41.3 Å². The Bertz CT molecular complexity index is 1310. The third kappa shape index (κ3) is 2.37.